The van der Waals surface area contributed by atoms with Crippen LogP contribution in [0.5, 0.6) is 0 Å². The Morgan fingerprint density at radius 2 is 1.96 bits per heavy atom. The van der Waals surface area contributed by atoms with Crippen LogP contribution < -0.4 is 5.32 Å². The lowest BCUT2D eigenvalue weighted by molar-refractivity contribution is -0.121. The van der Waals surface area contributed by atoms with Gasteiger partial charge in [-0.1, -0.05) is 18.2 Å². The molecule has 0 saturated carbocycles. The average Bonchev–Trinajstić information content (AvgIpc) is 3.04. The summed E-state index contributed by atoms with van der Waals surface area (Å²) in [6.07, 6.45) is 0.296. The number of amides is 1. The van der Waals surface area contributed by atoms with Crippen LogP contribution in [0.3, 0.4) is 0 Å². The largest absolute Gasteiger partial charge is 0.388 e. The highest BCUT2D eigenvalue weighted by atomic mass is 32.2. The number of sulfone groups is 1. The predicted molar refractivity (Wildman–Crippen MR) is 94.8 cm³/mol. The van der Waals surface area contributed by atoms with Crippen molar-refractivity contribution in [1.29, 1.82) is 0 Å². The minimum absolute atomic E-state index is 0.0765. The zero-order valence-corrected chi connectivity index (χ0v) is 15.1. The van der Waals surface area contributed by atoms with Crippen LogP contribution in [0.25, 0.3) is 0 Å². The van der Waals surface area contributed by atoms with Gasteiger partial charge < -0.3 is 10.4 Å². The first-order valence-corrected chi connectivity index (χ1v) is 10.2. The van der Waals surface area contributed by atoms with Crippen LogP contribution in [-0.4, -0.2) is 37.3 Å². The molecule has 0 spiro atoms. The van der Waals surface area contributed by atoms with Gasteiger partial charge in [0, 0.05) is 19.4 Å². The van der Waals surface area contributed by atoms with Crippen molar-refractivity contribution in [2.24, 2.45) is 0 Å². The van der Waals surface area contributed by atoms with Crippen molar-refractivity contribution < 1.29 is 18.3 Å². The Hall–Kier alpha value is -1.70. The van der Waals surface area contributed by atoms with Gasteiger partial charge >= 0.3 is 0 Å². The minimum atomic E-state index is -3.47. The van der Waals surface area contributed by atoms with E-state index in [9.17, 15) is 18.3 Å². The van der Waals surface area contributed by atoms with Crippen LogP contribution in [0.4, 0.5) is 0 Å². The molecule has 0 bridgehead atoms. The molecular weight excluding hydrogens is 346 g/mol. The molecule has 0 aliphatic heterocycles. The third-order valence-corrected chi connectivity index (χ3v) is 6.00. The minimum Gasteiger partial charge on any atom is -0.388 e. The highest BCUT2D eigenvalue weighted by Crippen LogP contribution is 2.15. The summed E-state index contributed by atoms with van der Waals surface area (Å²) >= 11 is 1.55. The number of nitrogens with one attached hydrogen (secondary N) is 1. The zero-order chi connectivity index (χ0) is 17.6. The van der Waals surface area contributed by atoms with Gasteiger partial charge in [0.2, 0.25) is 5.91 Å². The molecule has 1 aromatic carbocycles. The number of hydrogen-bond donors (Lipinski definition) is 2. The summed E-state index contributed by atoms with van der Waals surface area (Å²) in [6, 6.07) is 9.98. The van der Waals surface area contributed by atoms with E-state index in [2.05, 4.69) is 5.32 Å². The van der Waals surface area contributed by atoms with Crippen molar-refractivity contribution in [2.45, 2.75) is 30.3 Å². The van der Waals surface area contributed by atoms with Crippen molar-refractivity contribution in [3.8, 4) is 0 Å². The number of carbonyl (C=O) groups is 1. The van der Waals surface area contributed by atoms with Crippen molar-refractivity contribution in [3.63, 3.8) is 0 Å². The molecule has 1 amide bonds. The molecule has 1 unspecified atom stereocenters. The molecule has 2 aromatic rings. The molecule has 0 aliphatic rings. The van der Waals surface area contributed by atoms with E-state index in [1.54, 1.807) is 36.5 Å². The molecular formula is C17H21NO4S2. The number of rotatable bonds is 8. The van der Waals surface area contributed by atoms with Gasteiger partial charge in [-0.15, -0.1) is 0 Å². The first-order valence-electron chi connectivity index (χ1n) is 7.56. The molecule has 2 N–H and O–H groups in total. The smallest absolute Gasteiger partial charge is 0.221 e. The molecule has 0 fully saturated rings. The van der Waals surface area contributed by atoms with E-state index in [4.69, 9.17) is 0 Å². The number of thiophene rings is 1. The van der Waals surface area contributed by atoms with Gasteiger partial charge in [0.15, 0.2) is 9.84 Å². The zero-order valence-electron chi connectivity index (χ0n) is 13.4. The molecule has 2 rings (SSSR count). The van der Waals surface area contributed by atoms with Gasteiger partial charge in [0.25, 0.3) is 0 Å². The Morgan fingerprint density at radius 1 is 1.25 bits per heavy atom. The summed E-state index contributed by atoms with van der Waals surface area (Å²) < 4.78 is 24.2. The van der Waals surface area contributed by atoms with E-state index in [0.29, 0.717) is 6.42 Å². The Balaban J connectivity index is 1.81. The van der Waals surface area contributed by atoms with Crippen molar-refractivity contribution >= 4 is 27.1 Å². The second kappa shape index (κ2) is 7.92. The fourth-order valence-electron chi connectivity index (χ4n) is 2.25. The summed E-state index contributed by atoms with van der Waals surface area (Å²) in [5, 5.41) is 16.8. The quantitative estimate of drug-likeness (QED) is 0.748. The topological polar surface area (TPSA) is 83.5 Å². The molecule has 1 aromatic heterocycles. The van der Waals surface area contributed by atoms with Crippen molar-refractivity contribution in [2.75, 3.05) is 12.3 Å². The van der Waals surface area contributed by atoms with E-state index in [0.717, 1.165) is 5.56 Å². The molecule has 5 nitrogen and oxygen atoms in total. The highest BCUT2D eigenvalue weighted by Gasteiger charge is 2.23. The van der Waals surface area contributed by atoms with E-state index in [1.807, 2.05) is 16.8 Å². The Bertz CT molecular complexity index is 753. The maximum Gasteiger partial charge on any atom is 0.221 e. The fourth-order valence-corrected chi connectivity index (χ4v) is 4.18. The third-order valence-electron chi connectivity index (χ3n) is 3.53. The number of benzene rings is 1. The van der Waals surface area contributed by atoms with E-state index < -0.39 is 15.4 Å². The maximum absolute atomic E-state index is 12.1. The molecule has 0 aliphatic carbocycles. The van der Waals surface area contributed by atoms with Crippen LogP contribution in [0, 0.1) is 0 Å². The normalized spacial score (nSPS) is 14.1. The lowest BCUT2D eigenvalue weighted by atomic mass is 9.98. The first-order chi connectivity index (χ1) is 11.3. The second-order valence-electron chi connectivity index (χ2n) is 5.96. The van der Waals surface area contributed by atoms with Crippen LogP contribution >= 0.6 is 11.3 Å². The SMILES string of the molecule is CC(O)(CNC(=O)CCS(=O)(=O)c1ccccc1)Cc1ccsc1. The maximum atomic E-state index is 12.1. The van der Waals surface area contributed by atoms with Crippen molar-refractivity contribution in [3.05, 3.63) is 52.7 Å². The van der Waals surface area contributed by atoms with Crippen LogP contribution in [-0.2, 0) is 21.1 Å². The summed E-state index contributed by atoms with van der Waals surface area (Å²) in [7, 11) is -3.47. The molecule has 0 radical (unpaired) electrons. The van der Waals surface area contributed by atoms with Crippen LogP contribution in [0.2, 0.25) is 0 Å². The standard InChI is InChI=1S/C17H21NO4S2/c1-17(20,11-14-7-9-23-12-14)13-18-16(19)8-10-24(21,22)15-5-3-2-4-6-15/h2-7,9,12,20H,8,10-11,13H2,1H3,(H,18,19). The van der Waals surface area contributed by atoms with Gasteiger partial charge in [-0.2, -0.15) is 11.3 Å². The third kappa shape index (κ3) is 5.74. The van der Waals surface area contributed by atoms with Crippen LogP contribution in [0.15, 0.2) is 52.1 Å². The van der Waals surface area contributed by atoms with Crippen LogP contribution in [0.1, 0.15) is 18.9 Å². The lowest BCUT2D eigenvalue weighted by Gasteiger charge is -2.23. The highest BCUT2D eigenvalue weighted by molar-refractivity contribution is 7.91. The lowest BCUT2D eigenvalue weighted by Crippen LogP contribution is -2.42. The number of hydrogen-bond acceptors (Lipinski definition) is 5. The average molecular weight is 367 g/mol. The summed E-state index contributed by atoms with van der Waals surface area (Å²) in [4.78, 5) is 12.1. The Kier molecular flexibility index (Phi) is 6.15. The second-order valence-corrected chi connectivity index (χ2v) is 8.85. The first kappa shape index (κ1) is 18.6. The summed E-state index contributed by atoms with van der Waals surface area (Å²) in [5.41, 5.74) is -0.0689. The molecule has 1 atom stereocenters. The Morgan fingerprint density at radius 3 is 2.58 bits per heavy atom. The predicted octanol–water partition coefficient (Wildman–Crippen LogP) is 2.02. The number of aliphatic hydroxyl groups is 1. The Labute approximate surface area is 146 Å². The monoisotopic (exact) mass is 367 g/mol. The summed E-state index contributed by atoms with van der Waals surface area (Å²) in [5.74, 6) is -0.643. The van der Waals surface area contributed by atoms with E-state index in [1.165, 1.54) is 12.1 Å². The van der Waals surface area contributed by atoms with Gasteiger partial charge in [0.1, 0.15) is 0 Å². The van der Waals surface area contributed by atoms with Gasteiger partial charge in [-0.25, -0.2) is 8.42 Å². The number of carbonyl (C=O) groups excluding carboxylic acids is 1. The molecule has 24 heavy (non-hydrogen) atoms. The van der Waals surface area contributed by atoms with Gasteiger partial charge in [-0.3, -0.25) is 4.79 Å². The van der Waals surface area contributed by atoms with E-state index >= 15 is 0 Å². The fraction of sp³-hybridized carbons (Fsp3) is 0.353. The molecule has 0 saturated heterocycles. The van der Waals surface area contributed by atoms with Crippen molar-refractivity contribution in [1.82, 2.24) is 5.32 Å². The molecule has 1 heterocycles. The van der Waals surface area contributed by atoms with Gasteiger partial charge in [0.05, 0.1) is 16.2 Å². The molecule has 7 heteroatoms. The molecule has 130 valence electrons. The van der Waals surface area contributed by atoms with Gasteiger partial charge in [-0.05, 0) is 41.4 Å². The summed E-state index contributed by atoms with van der Waals surface area (Å²) in [6.45, 7) is 1.72. The van der Waals surface area contributed by atoms with E-state index in [-0.39, 0.29) is 29.5 Å².